The molecule has 0 fully saturated rings. The van der Waals surface area contributed by atoms with E-state index in [4.69, 9.17) is 0 Å². The van der Waals surface area contributed by atoms with Crippen LogP contribution in [0.2, 0.25) is 0 Å². The third kappa shape index (κ3) is 14.9. The molecule has 0 saturated carbocycles. The molecule has 0 nitrogen and oxygen atoms in total. The van der Waals surface area contributed by atoms with Crippen LogP contribution in [0.25, 0.3) is 0 Å². The van der Waals surface area contributed by atoms with Gasteiger partial charge in [-0.25, -0.2) is 0 Å². The van der Waals surface area contributed by atoms with Crippen molar-refractivity contribution in [2.75, 3.05) is 12.3 Å². The zero-order valence-corrected chi connectivity index (χ0v) is 12.8. The molecule has 92 valence electrons. The SMILES string of the molecule is CCCCCCCCPPCCCCC. The topological polar surface area (TPSA) is 0 Å². The molecule has 0 aliphatic carbocycles. The van der Waals surface area contributed by atoms with Gasteiger partial charge in [-0.05, 0) is 25.2 Å². The molecule has 0 aliphatic rings. The van der Waals surface area contributed by atoms with Crippen LogP contribution in [0, 0.1) is 0 Å². The van der Waals surface area contributed by atoms with E-state index in [1.807, 2.05) is 0 Å². The largest absolute Gasteiger partial charge is 0.0992 e. The Bertz CT molecular complexity index is 92.7. The Hall–Kier alpha value is 0.860. The van der Waals surface area contributed by atoms with Gasteiger partial charge in [0.15, 0.2) is 0 Å². The second kappa shape index (κ2) is 14.9. The van der Waals surface area contributed by atoms with Crippen molar-refractivity contribution >= 4 is 16.5 Å². The van der Waals surface area contributed by atoms with Gasteiger partial charge in [-0.2, -0.15) is 0 Å². The van der Waals surface area contributed by atoms with Gasteiger partial charge in [-0.15, -0.1) is 0 Å². The predicted octanol–water partition coefficient (Wildman–Crippen LogP) is 5.81. The number of hydrogen-bond acceptors (Lipinski definition) is 0. The summed E-state index contributed by atoms with van der Waals surface area (Å²) in [6, 6.07) is 0. The molecule has 0 saturated heterocycles. The van der Waals surface area contributed by atoms with Gasteiger partial charge in [-0.3, -0.25) is 0 Å². The predicted molar refractivity (Wildman–Crippen MR) is 79.3 cm³/mol. The van der Waals surface area contributed by atoms with E-state index in [1.165, 1.54) is 86.6 Å². The van der Waals surface area contributed by atoms with E-state index in [0.29, 0.717) is 0 Å². The van der Waals surface area contributed by atoms with Crippen molar-refractivity contribution in [2.24, 2.45) is 0 Å². The van der Waals surface area contributed by atoms with Gasteiger partial charge in [0, 0.05) is 0 Å². The maximum Gasteiger partial charge on any atom is -0.0317 e. The van der Waals surface area contributed by atoms with Crippen LogP contribution in [0.5, 0.6) is 0 Å². The normalized spacial score (nSPS) is 12.4. The zero-order valence-electron chi connectivity index (χ0n) is 10.8. The minimum Gasteiger partial charge on any atom is -0.0992 e. The first kappa shape index (κ1) is 15.9. The monoisotopic (exact) mass is 248 g/mol. The van der Waals surface area contributed by atoms with Crippen LogP contribution in [0.3, 0.4) is 0 Å². The molecule has 0 radical (unpaired) electrons. The molecule has 0 N–H and O–H groups in total. The van der Waals surface area contributed by atoms with Gasteiger partial charge in [0.05, 0.1) is 0 Å². The highest BCUT2D eigenvalue weighted by Gasteiger charge is 1.91. The van der Waals surface area contributed by atoms with Crippen LogP contribution in [0.15, 0.2) is 0 Å². The Morgan fingerprint density at radius 1 is 0.533 bits per heavy atom. The second-order valence-corrected chi connectivity index (χ2v) is 8.16. The Balaban J connectivity index is 2.81. The van der Waals surface area contributed by atoms with Crippen LogP contribution in [-0.2, 0) is 0 Å². The molecule has 0 bridgehead atoms. The smallest absolute Gasteiger partial charge is 0.0317 e. The molecule has 15 heavy (non-hydrogen) atoms. The highest BCUT2D eigenvalue weighted by atomic mass is 32.0. The Labute approximate surface area is 101 Å². The first-order valence-electron chi connectivity index (χ1n) is 6.87. The number of hydrogen-bond donors (Lipinski definition) is 0. The third-order valence-electron chi connectivity index (χ3n) is 2.69. The lowest BCUT2D eigenvalue weighted by atomic mass is 10.1. The standard InChI is InChI=1S/C13H30P2/c1-3-5-7-8-9-11-13-15-14-12-10-6-4-2/h14-15H,3-13H2,1-2H3. The van der Waals surface area contributed by atoms with Crippen LogP contribution in [0.1, 0.15) is 71.6 Å². The van der Waals surface area contributed by atoms with Gasteiger partial charge in [0.1, 0.15) is 0 Å². The molecule has 2 atom stereocenters. The average molecular weight is 248 g/mol. The Morgan fingerprint density at radius 3 is 1.53 bits per heavy atom. The van der Waals surface area contributed by atoms with Crippen molar-refractivity contribution in [1.29, 1.82) is 0 Å². The number of unbranched alkanes of at least 4 members (excludes halogenated alkanes) is 7. The van der Waals surface area contributed by atoms with Gasteiger partial charge in [-0.1, -0.05) is 75.3 Å². The van der Waals surface area contributed by atoms with Gasteiger partial charge in [0.25, 0.3) is 0 Å². The first-order chi connectivity index (χ1) is 7.41. The molecule has 2 heteroatoms. The van der Waals surface area contributed by atoms with E-state index in [1.54, 1.807) is 0 Å². The summed E-state index contributed by atoms with van der Waals surface area (Å²) >= 11 is 0. The lowest BCUT2D eigenvalue weighted by Gasteiger charge is -2.02. The van der Waals surface area contributed by atoms with Crippen LogP contribution in [-0.4, -0.2) is 12.3 Å². The molecule has 0 rings (SSSR count). The van der Waals surface area contributed by atoms with Crippen LogP contribution < -0.4 is 0 Å². The fraction of sp³-hybridized carbons (Fsp3) is 1.00. The van der Waals surface area contributed by atoms with E-state index < -0.39 is 0 Å². The lowest BCUT2D eigenvalue weighted by Crippen LogP contribution is -1.80. The van der Waals surface area contributed by atoms with Crippen molar-refractivity contribution in [1.82, 2.24) is 0 Å². The minimum atomic E-state index is 1.28. The molecule has 0 aromatic rings. The van der Waals surface area contributed by atoms with Gasteiger partial charge >= 0.3 is 0 Å². The van der Waals surface area contributed by atoms with E-state index in [0.717, 1.165) is 0 Å². The van der Waals surface area contributed by atoms with Crippen molar-refractivity contribution in [3.63, 3.8) is 0 Å². The molecular formula is C13H30P2. The highest BCUT2D eigenvalue weighted by Crippen LogP contribution is 2.38. The fourth-order valence-corrected chi connectivity index (χ4v) is 4.96. The minimum absolute atomic E-state index is 1.28. The summed E-state index contributed by atoms with van der Waals surface area (Å²) in [5.74, 6) is 0. The summed E-state index contributed by atoms with van der Waals surface area (Å²) in [5, 5.41) is 0. The Kier molecular flexibility index (Phi) is 15.7. The molecule has 2 unspecified atom stereocenters. The molecule has 0 spiro atoms. The van der Waals surface area contributed by atoms with E-state index in [2.05, 4.69) is 13.8 Å². The molecule has 0 aromatic carbocycles. The summed E-state index contributed by atoms with van der Waals surface area (Å²) < 4.78 is 0. The van der Waals surface area contributed by atoms with Crippen molar-refractivity contribution < 1.29 is 0 Å². The first-order valence-corrected chi connectivity index (χ1v) is 10.3. The second-order valence-electron chi connectivity index (χ2n) is 4.33. The number of rotatable bonds is 12. The molecule has 0 amide bonds. The molecular weight excluding hydrogens is 218 g/mol. The quantitative estimate of drug-likeness (QED) is 0.302. The summed E-state index contributed by atoms with van der Waals surface area (Å²) in [7, 11) is 2.57. The van der Waals surface area contributed by atoms with Gasteiger partial charge in [0.2, 0.25) is 0 Å². The van der Waals surface area contributed by atoms with E-state index >= 15 is 0 Å². The molecule has 0 aliphatic heterocycles. The fourth-order valence-electron chi connectivity index (χ4n) is 1.63. The third-order valence-corrected chi connectivity index (χ3v) is 6.39. The van der Waals surface area contributed by atoms with Crippen molar-refractivity contribution in [3.8, 4) is 0 Å². The lowest BCUT2D eigenvalue weighted by molar-refractivity contribution is 0.627. The van der Waals surface area contributed by atoms with Crippen LogP contribution in [0.4, 0.5) is 0 Å². The highest BCUT2D eigenvalue weighted by molar-refractivity contribution is 8.11. The maximum absolute atomic E-state index is 2.29. The van der Waals surface area contributed by atoms with Gasteiger partial charge < -0.3 is 0 Å². The average Bonchev–Trinajstić information content (AvgIpc) is 2.26. The summed E-state index contributed by atoms with van der Waals surface area (Å²) in [4.78, 5) is 0. The Morgan fingerprint density at radius 2 is 0.933 bits per heavy atom. The molecule has 0 aromatic heterocycles. The summed E-state index contributed by atoms with van der Waals surface area (Å²) in [6.07, 6.45) is 16.1. The van der Waals surface area contributed by atoms with Crippen LogP contribution >= 0.6 is 16.5 Å². The summed E-state index contributed by atoms with van der Waals surface area (Å²) in [6.45, 7) is 4.58. The molecule has 0 heterocycles. The zero-order chi connectivity index (χ0) is 11.2. The van der Waals surface area contributed by atoms with Crippen molar-refractivity contribution in [2.45, 2.75) is 71.6 Å². The van der Waals surface area contributed by atoms with Crippen molar-refractivity contribution in [3.05, 3.63) is 0 Å². The van der Waals surface area contributed by atoms with E-state index in [-0.39, 0.29) is 0 Å². The maximum atomic E-state index is 2.29. The van der Waals surface area contributed by atoms with E-state index in [9.17, 15) is 0 Å². The summed E-state index contributed by atoms with van der Waals surface area (Å²) in [5.41, 5.74) is 0.